The van der Waals surface area contributed by atoms with E-state index in [-0.39, 0.29) is 23.3 Å². The highest BCUT2D eigenvalue weighted by Crippen LogP contribution is 2.26. The quantitative estimate of drug-likeness (QED) is 0.360. The van der Waals surface area contributed by atoms with Gasteiger partial charge in [0.1, 0.15) is 11.0 Å². The lowest BCUT2D eigenvalue weighted by atomic mass is 9.91. The number of hydrogen-bond donors (Lipinski definition) is 0. The molecule has 1 atom stereocenters. The van der Waals surface area contributed by atoms with Crippen molar-refractivity contribution in [3.05, 3.63) is 11.2 Å². The Balaban J connectivity index is 1.58. The molecule has 3 rings (SSSR count). The SMILES string of the molecule is CC1CCN(C(=O)CSc2nc(Cl)cc(N3CCN(C(=O)CC(C)(C)C)C(C)C3)n2)CC1. The molecule has 0 spiro atoms. The van der Waals surface area contributed by atoms with Gasteiger partial charge in [-0.1, -0.05) is 51.1 Å². The van der Waals surface area contributed by atoms with Gasteiger partial charge in [-0.05, 0) is 31.1 Å². The fourth-order valence-electron chi connectivity index (χ4n) is 4.18. The van der Waals surface area contributed by atoms with E-state index in [1.807, 2.05) is 9.80 Å². The second-order valence-corrected chi connectivity index (χ2v) is 11.6. The number of carbonyl (C=O) groups excluding carboxylic acids is 2. The molecular weight excluding hydrogens is 446 g/mol. The molecule has 0 aromatic carbocycles. The minimum Gasteiger partial charge on any atom is -0.353 e. The van der Waals surface area contributed by atoms with E-state index in [1.165, 1.54) is 11.8 Å². The van der Waals surface area contributed by atoms with Crippen molar-refractivity contribution in [2.45, 2.75) is 65.1 Å². The number of amides is 2. The zero-order valence-corrected chi connectivity index (χ0v) is 21.5. The summed E-state index contributed by atoms with van der Waals surface area (Å²) in [6.07, 6.45) is 2.68. The van der Waals surface area contributed by atoms with Gasteiger partial charge in [-0.3, -0.25) is 9.59 Å². The van der Waals surface area contributed by atoms with E-state index in [0.717, 1.165) is 31.7 Å². The molecule has 2 aliphatic heterocycles. The fourth-order valence-corrected chi connectivity index (χ4v) is 5.16. The molecule has 0 bridgehead atoms. The summed E-state index contributed by atoms with van der Waals surface area (Å²) in [5.74, 6) is 2.09. The minimum absolute atomic E-state index is 0.0237. The van der Waals surface area contributed by atoms with Gasteiger partial charge in [0, 0.05) is 51.3 Å². The van der Waals surface area contributed by atoms with Gasteiger partial charge < -0.3 is 14.7 Å². The fraction of sp³-hybridized carbons (Fsp3) is 0.739. The van der Waals surface area contributed by atoms with Crippen molar-refractivity contribution in [3.8, 4) is 0 Å². The Labute approximate surface area is 201 Å². The van der Waals surface area contributed by atoms with E-state index in [4.69, 9.17) is 11.6 Å². The number of thioether (sulfide) groups is 1. The first-order valence-corrected chi connectivity index (χ1v) is 12.9. The van der Waals surface area contributed by atoms with Gasteiger partial charge >= 0.3 is 0 Å². The molecule has 2 aliphatic rings. The Kier molecular flexibility index (Phi) is 8.31. The van der Waals surface area contributed by atoms with Crippen LogP contribution in [0.1, 0.15) is 53.9 Å². The summed E-state index contributed by atoms with van der Waals surface area (Å²) in [6.45, 7) is 14.3. The number of likely N-dealkylation sites (tertiary alicyclic amines) is 1. The molecule has 1 unspecified atom stereocenters. The summed E-state index contributed by atoms with van der Waals surface area (Å²) < 4.78 is 0. The van der Waals surface area contributed by atoms with Gasteiger partial charge in [-0.25, -0.2) is 9.97 Å². The second-order valence-electron chi connectivity index (χ2n) is 10.3. The van der Waals surface area contributed by atoms with E-state index < -0.39 is 0 Å². The molecule has 3 heterocycles. The van der Waals surface area contributed by atoms with E-state index in [0.29, 0.717) is 48.0 Å². The van der Waals surface area contributed by atoms with Crippen molar-refractivity contribution < 1.29 is 9.59 Å². The largest absolute Gasteiger partial charge is 0.353 e. The molecule has 0 saturated carbocycles. The van der Waals surface area contributed by atoms with E-state index in [1.54, 1.807) is 6.07 Å². The van der Waals surface area contributed by atoms with Gasteiger partial charge in [-0.15, -0.1) is 0 Å². The van der Waals surface area contributed by atoms with Gasteiger partial charge in [0.05, 0.1) is 5.75 Å². The second kappa shape index (κ2) is 10.6. The molecule has 32 heavy (non-hydrogen) atoms. The molecule has 1 aromatic rings. The molecule has 0 N–H and O–H groups in total. The molecule has 0 radical (unpaired) electrons. The number of piperidine rings is 1. The number of nitrogens with zero attached hydrogens (tertiary/aromatic N) is 5. The standard InChI is InChI=1S/C23H36ClN5O2S/c1-16-6-8-27(9-7-16)21(31)15-32-22-25-18(24)12-19(26-22)28-10-11-29(17(2)14-28)20(30)13-23(3,4)5/h12,16-17H,6-11,13-15H2,1-5H3. The summed E-state index contributed by atoms with van der Waals surface area (Å²) >= 11 is 7.63. The van der Waals surface area contributed by atoms with Crippen LogP contribution < -0.4 is 4.90 Å². The van der Waals surface area contributed by atoms with Gasteiger partial charge in [0.2, 0.25) is 11.8 Å². The zero-order chi connectivity index (χ0) is 23.5. The van der Waals surface area contributed by atoms with Crippen LogP contribution in [-0.2, 0) is 9.59 Å². The van der Waals surface area contributed by atoms with E-state index in [2.05, 4.69) is 49.5 Å². The Morgan fingerprint density at radius 2 is 1.78 bits per heavy atom. The third-order valence-electron chi connectivity index (χ3n) is 6.08. The molecule has 7 nitrogen and oxygen atoms in total. The van der Waals surface area contributed by atoms with Crippen molar-refractivity contribution in [3.63, 3.8) is 0 Å². The van der Waals surface area contributed by atoms with Crippen LogP contribution in [0, 0.1) is 11.3 Å². The summed E-state index contributed by atoms with van der Waals surface area (Å²) in [5.41, 5.74) is -0.0237. The van der Waals surface area contributed by atoms with Crippen LogP contribution in [-0.4, -0.2) is 76.1 Å². The highest BCUT2D eigenvalue weighted by Gasteiger charge is 2.30. The zero-order valence-electron chi connectivity index (χ0n) is 19.9. The topological polar surface area (TPSA) is 69.6 Å². The predicted molar refractivity (Wildman–Crippen MR) is 130 cm³/mol. The third-order valence-corrected chi connectivity index (χ3v) is 7.10. The predicted octanol–water partition coefficient (Wildman–Crippen LogP) is 3.95. The summed E-state index contributed by atoms with van der Waals surface area (Å²) in [7, 11) is 0. The first-order chi connectivity index (χ1) is 15.0. The average molecular weight is 482 g/mol. The number of anilines is 1. The van der Waals surface area contributed by atoms with Gasteiger partial charge in [0.15, 0.2) is 5.16 Å². The highest BCUT2D eigenvalue weighted by molar-refractivity contribution is 7.99. The Bertz CT molecular complexity index is 823. The van der Waals surface area contributed by atoms with E-state index in [9.17, 15) is 9.59 Å². The number of piperazine rings is 1. The molecule has 2 amide bonds. The van der Waals surface area contributed by atoms with Crippen molar-refractivity contribution in [1.82, 2.24) is 19.8 Å². The maximum atomic E-state index is 12.7. The lowest BCUT2D eigenvalue weighted by Crippen LogP contribution is -2.54. The summed E-state index contributed by atoms with van der Waals surface area (Å²) in [4.78, 5) is 40.3. The van der Waals surface area contributed by atoms with Crippen LogP contribution >= 0.6 is 23.4 Å². The highest BCUT2D eigenvalue weighted by atomic mass is 35.5. The molecular formula is C23H36ClN5O2S. The molecule has 0 aliphatic carbocycles. The maximum absolute atomic E-state index is 12.7. The van der Waals surface area contributed by atoms with Crippen LogP contribution in [0.4, 0.5) is 5.82 Å². The Morgan fingerprint density at radius 3 is 2.41 bits per heavy atom. The Morgan fingerprint density at radius 1 is 1.09 bits per heavy atom. The van der Waals surface area contributed by atoms with Crippen molar-refractivity contribution in [2.75, 3.05) is 43.4 Å². The summed E-state index contributed by atoms with van der Waals surface area (Å²) in [5, 5.41) is 0.890. The van der Waals surface area contributed by atoms with Crippen LogP contribution in [0.25, 0.3) is 0 Å². The molecule has 2 fully saturated rings. The third kappa shape index (κ3) is 6.98. The Hall–Kier alpha value is -1.54. The number of rotatable bonds is 5. The maximum Gasteiger partial charge on any atom is 0.233 e. The number of carbonyl (C=O) groups is 2. The van der Waals surface area contributed by atoms with Crippen molar-refractivity contribution >= 4 is 41.0 Å². The molecule has 1 aromatic heterocycles. The van der Waals surface area contributed by atoms with Crippen LogP contribution in [0.3, 0.4) is 0 Å². The minimum atomic E-state index is -0.0237. The molecule has 178 valence electrons. The van der Waals surface area contributed by atoms with Gasteiger partial charge in [0.25, 0.3) is 0 Å². The van der Waals surface area contributed by atoms with Crippen LogP contribution in [0.5, 0.6) is 0 Å². The smallest absolute Gasteiger partial charge is 0.233 e. The molecule has 9 heteroatoms. The lowest BCUT2D eigenvalue weighted by molar-refractivity contribution is -0.135. The van der Waals surface area contributed by atoms with Crippen LogP contribution in [0.15, 0.2) is 11.2 Å². The van der Waals surface area contributed by atoms with Crippen LogP contribution in [0.2, 0.25) is 5.15 Å². The van der Waals surface area contributed by atoms with E-state index >= 15 is 0 Å². The monoisotopic (exact) mass is 481 g/mol. The van der Waals surface area contributed by atoms with Gasteiger partial charge in [-0.2, -0.15) is 0 Å². The number of halogens is 1. The molecule has 2 saturated heterocycles. The number of aromatic nitrogens is 2. The first-order valence-electron chi connectivity index (χ1n) is 11.5. The normalized spacial score (nSPS) is 20.6. The summed E-state index contributed by atoms with van der Waals surface area (Å²) in [6, 6.07) is 1.85. The number of hydrogen-bond acceptors (Lipinski definition) is 6. The lowest BCUT2D eigenvalue weighted by Gasteiger charge is -2.41. The average Bonchev–Trinajstić information content (AvgIpc) is 2.70. The first kappa shape index (κ1) is 25.1. The van der Waals surface area contributed by atoms with Crippen molar-refractivity contribution in [1.29, 1.82) is 0 Å². The van der Waals surface area contributed by atoms with Crippen molar-refractivity contribution in [2.24, 2.45) is 11.3 Å².